The topological polar surface area (TPSA) is 90.0 Å². The number of carbonyl (C=O) groups is 1. The number of hydrogen-bond acceptors (Lipinski definition) is 4. The highest BCUT2D eigenvalue weighted by Gasteiger charge is 2.17. The predicted molar refractivity (Wildman–Crippen MR) is 111 cm³/mol. The number of rotatable bonds is 8. The van der Waals surface area contributed by atoms with Crippen LogP contribution in [0.25, 0.3) is 10.8 Å². The van der Waals surface area contributed by atoms with Crippen molar-refractivity contribution in [3.8, 4) is 0 Å². The first kappa shape index (κ1) is 19.8. The number of unbranched alkanes of at least 4 members (excludes halogenated alkanes) is 2. The summed E-state index contributed by atoms with van der Waals surface area (Å²) in [4.78, 5) is 25.5. The van der Waals surface area contributed by atoms with Gasteiger partial charge in [-0.1, -0.05) is 68.3 Å². The number of aromatic nitrogens is 2. The molecule has 0 aliphatic rings. The smallest absolute Gasteiger partial charge is 0.274 e. The Balaban J connectivity index is 1.85. The number of nitrogens with zero attached hydrogens (tertiary/aromatic N) is 2. The van der Waals surface area contributed by atoms with Gasteiger partial charge in [0, 0.05) is 24.5 Å². The molecule has 1 aromatic heterocycles. The van der Waals surface area contributed by atoms with Gasteiger partial charge in [-0.05, 0) is 18.1 Å². The Labute approximate surface area is 164 Å². The van der Waals surface area contributed by atoms with E-state index >= 15 is 0 Å². The maximum atomic E-state index is 12.8. The van der Waals surface area contributed by atoms with E-state index in [-0.39, 0.29) is 29.7 Å². The largest absolute Gasteiger partial charge is 0.349 e. The minimum Gasteiger partial charge on any atom is -0.349 e. The molecule has 1 atom stereocenters. The second-order valence-corrected chi connectivity index (χ2v) is 6.86. The summed E-state index contributed by atoms with van der Waals surface area (Å²) in [6.07, 6.45) is 2.91. The Bertz CT molecular complexity index is 998. The van der Waals surface area contributed by atoms with Gasteiger partial charge in [0.2, 0.25) is 0 Å². The molecule has 1 unspecified atom stereocenters. The van der Waals surface area contributed by atoms with Crippen LogP contribution < -0.4 is 16.6 Å². The standard InChI is InChI=1S/C22H26N4O2/c1-2-3-9-14-26-22(28)18-13-8-7-12-17(18)20(25-26)21(27)24-15-19(23)16-10-5-4-6-11-16/h4-8,10-13,19H,2-3,9,14-15,23H2,1H3,(H,24,27). The van der Waals surface area contributed by atoms with Crippen molar-refractivity contribution in [1.82, 2.24) is 15.1 Å². The fourth-order valence-corrected chi connectivity index (χ4v) is 3.17. The molecule has 28 heavy (non-hydrogen) atoms. The molecule has 0 aliphatic carbocycles. The Morgan fingerprint density at radius 2 is 1.75 bits per heavy atom. The number of hydrogen-bond donors (Lipinski definition) is 2. The third-order valence-corrected chi connectivity index (χ3v) is 4.77. The number of benzene rings is 2. The van der Waals surface area contributed by atoms with Crippen molar-refractivity contribution in [2.75, 3.05) is 6.54 Å². The van der Waals surface area contributed by atoms with Crippen LogP contribution in [0.3, 0.4) is 0 Å². The van der Waals surface area contributed by atoms with Crippen LogP contribution >= 0.6 is 0 Å². The molecule has 3 N–H and O–H groups in total. The molecule has 6 nitrogen and oxygen atoms in total. The molecule has 0 bridgehead atoms. The van der Waals surface area contributed by atoms with Gasteiger partial charge in [0.1, 0.15) is 0 Å². The van der Waals surface area contributed by atoms with Crippen LogP contribution in [0.4, 0.5) is 0 Å². The van der Waals surface area contributed by atoms with Crippen molar-refractivity contribution in [3.05, 3.63) is 76.2 Å². The van der Waals surface area contributed by atoms with E-state index in [4.69, 9.17) is 5.73 Å². The molecule has 3 rings (SSSR count). The van der Waals surface area contributed by atoms with Crippen molar-refractivity contribution in [1.29, 1.82) is 0 Å². The summed E-state index contributed by atoms with van der Waals surface area (Å²) >= 11 is 0. The van der Waals surface area contributed by atoms with Crippen molar-refractivity contribution < 1.29 is 4.79 Å². The highest BCUT2D eigenvalue weighted by molar-refractivity contribution is 6.04. The van der Waals surface area contributed by atoms with E-state index in [1.165, 1.54) is 4.68 Å². The summed E-state index contributed by atoms with van der Waals surface area (Å²) < 4.78 is 1.41. The minimum absolute atomic E-state index is 0.163. The van der Waals surface area contributed by atoms with Gasteiger partial charge in [0.05, 0.1) is 5.39 Å². The molecular formula is C22H26N4O2. The maximum absolute atomic E-state index is 12.8. The lowest BCUT2D eigenvalue weighted by atomic mass is 10.1. The van der Waals surface area contributed by atoms with Crippen LogP contribution in [0.5, 0.6) is 0 Å². The zero-order chi connectivity index (χ0) is 19.9. The van der Waals surface area contributed by atoms with Gasteiger partial charge >= 0.3 is 0 Å². The number of nitrogens with one attached hydrogen (secondary N) is 1. The third kappa shape index (κ3) is 4.46. The number of amides is 1. The first-order chi connectivity index (χ1) is 13.6. The summed E-state index contributed by atoms with van der Waals surface area (Å²) in [5.74, 6) is -0.327. The number of aryl methyl sites for hydroxylation is 1. The second-order valence-electron chi connectivity index (χ2n) is 6.86. The van der Waals surface area contributed by atoms with E-state index in [2.05, 4.69) is 17.3 Å². The molecule has 146 valence electrons. The molecule has 0 spiro atoms. The molecule has 1 heterocycles. The van der Waals surface area contributed by atoms with Crippen LogP contribution in [0.2, 0.25) is 0 Å². The lowest BCUT2D eigenvalue weighted by molar-refractivity contribution is 0.0945. The Kier molecular flexibility index (Phi) is 6.55. The average molecular weight is 378 g/mol. The highest BCUT2D eigenvalue weighted by Crippen LogP contribution is 2.14. The van der Waals surface area contributed by atoms with E-state index < -0.39 is 0 Å². The SMILES string of the molecule is CCCCCn1nc(C(=O)NCC(N)c2ccccc2)c2ccccc2c1=O. The van der Waals surface area contributed by atoms with Gasteiger partial charge in [-0.3, -0.25) is 9.59 Å². The van der Waals surface area contributed by atoms with Crippen LogP contribution in [0, 0.1) is 0 Å². The summed E-state index contributed by atoms with van der Waals surface area (Å²) in [5, 5.41) is 8.30. The highest BCUT2D eigenvalue weighted by atomic mass is 16.2. The molecule has 0 aliphatic heterocycles. The van der Waals surface area contributed by atoms with E-state index in [0.717, 1.165) is 24.8 Å². The Morgan fingerprint density at radius 1 is 1.07 bits per heavy atom. The molecule has 0 saturated heterocycles. The monoisotopic (exact) mass is 378 g/mol. The lowest BCUT2D eigenvalue weighted by Gasteiger charge is -2.14. The first-order valence-corrected chi connectivity index (χ1v) is 9.70. The van der Waals surface area contributed by atoms with Gasteiger partial charge in [-0.15, -0.1) is 0 Å². The van der Waals surface area contributed by atoms with Gasteiger partial charge in [-0.2, -0.15) is 5.10 Å². The third-order valence-electron chi connectivity index (χ3n) is 4.77. The second kappa shape index (κ2) is 9.28. The zero-order valence-electron chi connectivity index (χ0n) is 16.1. The van der Waals surface area contributed by atoms with Crippen LogP contribution in [0.15, 0.2) is 59.4 Å². The van der Waals surface area contributed by atoms with Crippen molar-refractivity contribution in [2.24, 2.45) is 5.73 Å². The number of fused-ring (bicyclic) bond motifs is 1. The number of nitrogens with two attached hydrogens (primary N) is 1. The fraction of sp³-hybridized carbons (Fsp3) is 0.318. The van der Waals surface area contributed by atoms with Crippen molar-refractivity contribution in [2.45, 2.75) is 38.8 Å². The van der Waals surface area contributed by atoms with E-state index in [0.29, 0.717) is 17.3 Å². The van der Waals surface area contributed by atoms with E-state index in [9.17, 15) is 9.59 Å². The molecule has 0 saturated carbocycles. The minimum atomic E-state index is -0.327. The van der Waals surface area contributed by atoms with Crippen LogP contribution in [0.1, 0.15) is 48.3 Å². The van der Waals surface area contributed by atoms with Crippen LogP contribution in [-0.4, -0.2) is 22.2 Å². The predicted octanol–water partition coefficient (Wildman–Crippen LogP) is 3.02. The van der Waals surface area contributed by atoms with Gasteiger partial charge in [0.25, 0.3) is 11.5 Å². The Morgan fingerprint density at radius 3 is 2.46 bits per heavy atom. The molecule has 3 aromatic rings. The summed E-state index contributed by atoms with van der Waals surface area (Å²) in [7, 11) is 0. The van der Waals surface area contributed by atoms with E-state index in [1.54, 1.807) is 24.3 Å². The van der Waals surface area contributed by atoms with Crippen molar-refractivity contribution >= 4 is 16.7 Å². The molecule has 0 radical (unpaired) electrons. The molecular weight excluding hydrogens is 352 g/mol. The summed E-state index contributed by atoms with van der Waals surface area (Å²) in [6, 6.07) is 16.4. The molecule has 1 amide bonds. The van der Waals surface area contributed by atoms with Gasteiger partial charge in [-0.25, -0.2) is 4.68 Å². The summed E-state index contributed by atoms with van der Waals surface area (Å²) in [6.45, 7) is 2.89. The Hall–Kier alpha value is -2.99. The maximum Gasteiger partial charge on any atom is 0.274 e. The van der Waals surface area contributed by atoms with Gasteiger partial charge < -0.3 is 11.1 Å². The van der Waals surface area contributed by atoms with Crippen molar-refractivity contribution in [3.63, 3.8) is 0 Å². The zero-order valence-corrected chi connectivity index (χ0v) is 16.1. The van der Waals surface area contributed by atoms with Gasteiger partial charge in [0.15, 0.2) is 5.69 Å². The summed E-state index contributed by atoms with van der Waals surface area (Å²) in [5.41, 5.74) is 7.22. The molecule has 0 fully saturated rings. The average Bonchev–Trinajstić information content (AvgIpc) is 2.74. The molecule has 2 aromatic carbocycles. The van der Waals surface area contributed by atoms with E-state index in [1.807, 2.05) is 30.3 Å². The molecule has 6 heteroatoms. The van der Waals surface area contributed by atoms with Crippen LogP contribution in [-0.2, 0) is 6.54 Å². The first-order valence-electron chi connectivity index (χ1n) is 9.70. The normalized spacial score (nSPS) is 12.1. The fourth-order valence-electron chi connectivity index (χ4n) is 3.17. The quantitative estimate of drug-likeness (QED) is 0.590. The number of carbonyl (C=O) groups excluding carboxylic acids is 1. The lowest BCUT2D eigenvalue weighted by Crippen LogP contribution is -2.34.